The number of fused-ring (bicyclic) bond motifs is 3. The van der Waals surface area contributed by atoms with Crippen LogP contribution in [0.25, 0.3) is 21.7 Å². The number of benzene rings is 3. The van der Waals surface area contributed by atoms with E-state index in [0.29, 0.717) is 34.9 Å². The smallest absolute Gasteiger partial charge is 0.235 e. The molecular weight excluding hydrogens is 410 g/mol. The largest absolute Gasteiger partial charge is 0.457 e. The number of imide groups is 1. The van der Waals surface area contributed by atoms with Crippen LogP contribution in [-0.2, 0) is 14.4 Å². The number of anilines is 1. The fourth-order valence-electron chi connectivity index (χ4n) is 4.00. The molecule has 0 bridgehead atoms. The molecule has 8 heteroatoms. The summed E-state index contributed by atoms with van der Waals surface area (Å²) in [7, 11) is 0. The standard InChI is InChI=1S/C24H19N3O5/c1-13(28)25-15-3-2-4-16(12-15)31-17-6-7-18-14(11-17)5-9-20-22(18)23(27-32-20)19-8-10-21(29)26-24(19)30/h2-7,9,11-12,19H,8,10H2,1H3,(H,25,28)(H,26,29,30)/t19-/m1/s1. The van der Waals surface area contributed by atoms with Gasteiger partial charge in [-0.15, -0.1) is 0 Å². The first-order chi connectivity index (χ1) is 15.5. The Morgan fingerprint density at radius 2 is 1.97 bits per heavy atom. The van der Waals surface area contributed by atoms with Crippen molar-refractivity contribution in [2.75, 3.05) is 5.32 Å². The van der Waals surface area contributed by atoms with Gasteiger partial charge < -0.3 is 14.6 Å². The van der Waals surface area contributed by atoms with Gasteiger partial charge in [-0.25, -0.2) is 0 Å². The number of piperidine rings is 1. The zero-order valence-electron chi connectivity index (χ0n) is 17.2. The molecule has 4 aromatic rings. The predicted octanol–water partition coefficient (Wildman–Crippen LogP) is 4.25. The average Bonchev–Trinajstić information content (AvgIpc) is 3.18. The van der Waals surface area contributed by atoms with Crippen molar-refractivity contribution in [1.29, 1.82) is 0 Å². The molecule has 1 aromatic heterocycles. The molecule has 1 atom stereocenters. The summed E-state index contributed by atoms with van der Waals surface area (Å²) in [4.78, 5) is 35.2. The molecule has 160 valence electrons. The minimum absolute atomic E-state index is 0.155. The number of carbonyl (C=O) groups is 3. The number of hydrogen-bond acceptors (Lipinski definition) is 6. The van der Waals surface area contributed by atoms with Crippen LogP contribution >= 0.6 is 0 Å². The van der Waals surface area contributed by atoms with Crippen LogP contribution in [0.15, 0.2) is 59.1 Å². The molecule has 1 fully saturated rings. The normalized spacial score (nSPS) is 16.2. The van der Waals surface area contributed by atoms with Crippen LogP contribution < -0.4 is 15.4 Å². The van der Waals surface area contributed by atoms with Crippen molar-refractivity contribution in [2.45, 2.75) is 25.7 Å². The molecule has 32 heavy (non-hydrogen) atoms. The zero-order chi connectivity index (χ0) is 22.2. The number of hydrogen-bond donors (Lipinski definition) is 2. The summed E-state index contributed by atoms with van der Waals surface area (Å²) < 4.78 is 11.5. The maximum Gasteiger partial charge on any atom is 0.235 e. The number of amides is 3. The molecule has 2 N–H and O–H groups in total. The van der Waals surface area contributed by atoms with E-state index >= 15 is 0 Å². The summed E-state index contributed by atoms with van der Waals surface area (Å²) in [5, 5.41) is 11.8. The van der Waals surface area contributed by atoms with E-state index in [1.807, 2.05) is 24.3 Å². The Morgan fingerprint density at radius 3 is 2.78 bits per heavy atom. The van der Waals surface area contributed by atoms with Crippen LogP contribution in [0.2, 0.25) is 0 Å². The maximum atomic E-state index is 12.4. The highest BCUT2D eigenvalue weighted by Crippen LogP contribution is 2.36. The third kappa shape index (κ3) is 3.66. The molecule has 1 aliphatic rings. The van der Waals surface area contributed by atoms with Crippen molar-refractivity contribution < 1.29 is 23.6 Å². The van der Waals surface area contributed by atoms with E-state index in [-0.39, 0.29) is 24.1 Å². The average molecular weight is 429 g/mol. The molecule has 0 radical (unpaired) electrons. The van der Waals surface area contributed by atoms with E-state index in [1.165, 1.54) is 6.92 Å². The van der Waals surface area contributed by atoms with Crippen molar-refractivity contribution in [3.05, 3.63) is 60.3 Å². The van der Waals surface area contributed by atoms with Gasteiger partial charge in [0.25, 0.3) is 0 Å². The van der Waals surface area contributed by atoms with Crippen molar-refractivity contribution >= 4 is 45.2 Å². The SMILES string of the molecule is CC(=O)Nc1cccc(Oc2ccc3c(ccc4onc([C@H]5CCC(=O)NC5=O)c43)c2)c1. The Balaban J connectivity index is 1.50. The molecule has 2 heterocycles. The van der Waals surface area contributed by atoms with Gasteiger partial charge in [0.15, 0.2) is 5.58 Å². The Bertz CT molecular complexity index is 1390. The quantitative estimate of drug-likeness (QED) is 0.469. The molecule has 8 nitrogen and oxygen atoms in total. The van der Waals surface area contributed by atoms with Gasteiger partial charge in [-0.2, -0.15) is 0 Å². The Hall–Kier alpha value is -4.20. The first kappa shape index (κ1) is 19.7. The second kappa shape index (κ2) is 7.81. The van der Waals surface area contributed by atoms with E-state index < -0.39 is 5.92 Å². The molecule has 0 unspecified atom stereocenters. The van der Waals surface area contributed by atoms with E-state index in [1.54, 1.807) is 30.3 Å². The van der Waals surface area contributed by atoms with Gasteiger partial charge in [-0.1, -0.05) is 17.3 Å². The number of aromatic nitrogens is 1. The first-order valence-electron chi connectivity index (χ1n) is 10.2. The molecule has 5 rings (SSSR count). The van der Waals surface area contributed by atoms with Gasteiger partial charge in [0.1, 0.15) is 17.2 Å². The molecular formula is C24H19N3O5. The molecule has 0 spiro atoms. The third-order valence-electron chi connectivity index (χ3n) is 5.41. The molecule has 3 aromatic carbocycles. The number of rotatable bonds is 4. The number of nitrogens with zero attached hydrogens (tertiary/aromatic N) is 1. The fraction of sp³-hybridized carbons (Fsp3) is 0.167. The highest BCUT2D eigenvalue weighted by molar-refractivity contribution is 6.10. The Labute approximate surface area is 182 Å². The maximum absolute atomic E-state index is 12.4. The summed E-state index contributed by atoms with van der Waals surface area (Å²) in [6.45, 7) is 1.45. The summed E-state index contributed by atoms with van der Waals surface area (Å²) in [6, 6.07) is 16.5. The Morgan fingerprint density at radius 1 is 1.12 bits per heavy atom. The lowest BCUT2D eigenvalue weighted by molar-refractivity contribution is -0.134. The number of ether oxygens (including phenoxy) is 1. The summed E-state index contributed by atoms with van der Waals surface area (Å²) in [5.74, 6) is -0.105. The Kier molecular flexibility index (Phi) is 4.82. The van der Waals surface area contributed by atoms with Gasteiger partial charge in [0, 0.05) is 25.1 Å². The van der Waals surface area contributed by atoms with Crippen LogP contribution in [0.3, 0.4) is 0 Å². The van der Waals surface area contributed by atoms with Gasteiger partial charge >= 0.3 is 0 Å². The highest BCUT2D eigenvalue weighted by atomic mass is 16.5. The summed E-state index contributed by atoms with van der Waals surface area (Å²) in [5.41, 5.74) is 1.76. The van der Waals surface area contributed by atoms with Gasteiger partial charge in [-0.3, -0.25) is 19.7 Å². The van der Waals surface area contributed by atoms with Gasteiger partial charge in [-0.05, 0) is 53.6 Å². The van der Waals surface area contributed by atoms with Crippen molar-refractivity contribution in [3.63, 3.8) is 0 Å². The van der Waals surface area contributed by atoms with Crippen LogP contribution in [0.1, 0.15) is 31.4 Å². The monoisotopic (exact) mass is 429 g/mol. The van der Waals surface area contributed by atoms with Gasteiger partial charge in [0.2, 0.25) is 17.7 Å². The topological polar surface area (TPSA) is 111 Å². The van der Waals surface area contributed by atoms with Crippen molar-refractivity contribution in [3.8, 4) is 11.5 Å². The zero-order valence-corrected chi connectivity index (χ0v) is 17.2. The summed E-state index contributed by atoms with van der Waals surface area (Å²) >= 11 is 0. The fourth-order valence-corrected chi connectivity index (χ4v) is 4.00. The molecule has 0 saturated carbocycles. The van der Waals surface area contributed by atoms with Crippen LogP contribution in [0, 0.1) is 0 Å². The number of carbonyl (C=O) groups excluding carboxylic acids is 3. The van der Waals surface area contributed by atoms with Crippen molar-refractivity contribution in [2.24, 2.45) is 0 Å². The van der Waals surface area contributed by atoms with Crippen LogP contribution in [-0.4, -0.2) is 22.9 Å². The van der Waals surface area contributed by atoms with Gasteiger partial charge in [0.05, 0.1) is 11.3 Å². The van der Waals surface area contributed by atoms with Crippen LogP contribution in [0.4, 0.5) is 5.69 Å². The van der Waals surface area contributed by atoms with E-state index in [2.05, 4.69) is 15.8 Å². The number of nitrogens with one attached hydrogen (secondary N) is 2. The van der Waals surface area contributed by atoms with E-state index in [4.69, 9.17) is 9.26 Å². The summed E-state index contributed by atoms with van der Waals surface area (Å²) in [6.07, 6.45) is 0.666. The first-order valence-corrected chi connectivity index (χ1v) is 10.2. The molecule has 1 aliphatic heterocycles. The minimum atomic E-state index is -0.535. The second-order valence-corrected chi connectivity index (χ2v) is 7.70. The minimum Gasteiger partial charge on any atom is -0.457 e. The molecule has 1 saturated heterocycles. The second-order valence-electron chi connectivity index (χ2n) is 7.70. The lowest BCUT2D eigenvalue weighted by atomic mass is 9.91. The lowest BCUT2D eigenvalue weighted by Gasteiger charge is -2.19. The van der Waals surface area contributed by atoms with E-state index in [0.717, 1.165) is 16.2 Å². The van der Waals surface area contributed by atoms with E-state index in [9.17, 15) is 14.4 Å². The molecule has 3 amide bonds. The third-order valence-corrected chi connectivity index (χ3v) is 5.41. The molecule has 0 aliphatic carbocycles. The van der Waals surface area contributed by atoms with Crippen LogP contribution in [0.5, 0.6) is 11.5 Å². The highest BCUT2D eigenvalue weighted by Gasteiger charge is 2.32. The predicted molar refractivity (Wildman–Crippen MR) is 117 cm³/mol. The lowest BCUT2D eigenvalue weighted by Crippen LogP contribution is -2.39. The van der Waals surface area contributed by atoms with Crippen molar-refractivity contribution in [1.82, 2.24) is 10.5 Å².